The summed E-state index contributed by atoms with van der Waals surface area (Å²) in [5, 5.41) is 13.4. The van der Waals surface area contributed by atoms with Crippen molar-refractivity contribution in [2.24, 2.45) is 0 Å². The van der Waals surface area contributed by atoms with Gasteiger partial charge in [0, 0.05) is 11.9 Å². The van der Waals surface area contributed by atoms with E-state index in [4.69, 9.17) is 14.5 Å². The number of pyridine rings is 1. The first kappa shape index (κ1) is 30.0. The van der Waals surface area contributed by atoms with Crippen LogP contribution in [0.15, 0.2) is 158 Å². The third-order valence-corrected chi connectivity index (χ3v) is 8.19. The summed E-state index contributed by atoms with van der Waals surface area (Å²) in [6.45, 7) is 2.11. The third kappa shape index (κ3) is 6.67. The first-order chi connectivity index (χ1) is 23.3. The fraction of sp³-hybridized carbons (Fsp3) is 0.125. The molecule has 7 nitrogen and oxygen atoms in total. The molecular formula is C40H35N5O2. The summed E-state index contributed by atoms with van der Waals surface area (Å²) < 4.78 is 13.8. The lowest BCUT2D eigenvalue weighted by atomic mass is 9.77. The van der Waals surface area contributed by atoms with Crippen molar-refractivity contribution in [2.75, 3.05) is 26.4 Å². The van der Waals surface area contributed by atoms with Gasteiger partial charge in [-0.15, -0.1) is 5.10 Å². The van der Waals surface area contributed by atoms with Crippen molar-refractivity contribution in [2.45, 2.75) is 5.54 Å². The fourth-order valence-electron chi connectivity index (χ4n) is 5.93. The summed E-state index contributed by atoms with van der Waals surface area (Å²) in [5.41, 5.74) is 6.33. The Morgan fingerprint density at radius 3 is 1.85 bits per heavy atom. The van der Waals surface area contributed by atoms with Gasteiger partial charge in [-0.25, -0.2) is 9.67 Å². The molecule has 0 unspecified atom stereocenters. The molecule has 2 heterocycles. The second-order valence-corrected chi connectivity index (χ2v) is 11.2. The Morgan fingerprint density at radius 2 is 1.21 bits per heavy atom. The number of ether oxygens (including phenoxy) is 2. The van der Waals surface area contributed by atoms with Gasteiger partial charge in [-0.2, -0.15) is 0 Å². The predicted molar refractivity (Wildman–Crippen MR) is 186 cm³/mol. The second-order valence-electron chi connectivity index (χ2n) is 11.2. The van der Waals surface area contributed by atoms with Crippen molar-refractivity contribution in [3.05, 3.63) is 175 Å². The Kier molecular flexibility index (Phi) is 9.08. The molecule has 0 bridgehead atoms. The summed E-state index contributed by atoms with van der Waals surface area (Å²) in [6, 6.07) is 51.6. The Labute approximate surface area is 274 Å². The molecule has 0 atom stereocenters. The van der Waals surface area contributed by atoms with Gasteiger partial charge in [-0.05, 0) is 53.1 Å². The van der Waals surface area contributed by atoms with Crippen LogP contribution in [0.5, 0.6) is 5.75 Å². The molecule has 232 valence electrons. The zero-order chi connectivity index (χ0) is 31.7. The molecule has 0 aliphatic rings. The number of nitrogens with one attached hydrogen (secondary N) is 1. The van der Waals surface area contributed by atoms with Crippen molar-refractivity contribution in [1.82, 2.24) is 25.3 Å². The van der Waals surface area contributed by atoms with Gasteiger partial charge in [0.25, 0.3) is 0 Å². The first-order valence-electron chi connectivity index (χ1n) is 15.8. The maximum Gasteiger partial charge on any atom is 0.131 e. The number of fused-ring (bicyclic) bond motifs is 1. The van der Waals surface area contributed by atoms with Crippen molar-refractivity contribution >= 4 is 10.9 Å². The molecule has 7 rings (SSSR count). The van der Waals surface area contributed by atoms with Crippen LogP contribution < -0.4 is 10.1 Å². The standard InChI is InChI=1S/C40H35N5O2/c1-5-13-32(14-6-1)40(33-15-7-2-8-16-33,34-17-9-3-10-18-34)41-25-26-46-27-28-47-36-22-24-37-31(29-36)21-23-38(42-37)39-30-45(44-43-39)35-19-11-4-12-20-35/h1-24,29-30,41H,25-28H2. The second kappa shape index (κ2) is 14.2. The van der Waals surface area contributed by atoms with Crippen LogP contribution in [0.4, 0.5) is 0 Å². The third-order valence-electron chi connectivity index (χ3n) is 8.19. The number of hydrogen-bond donors (Lipinski definition) is 1. The van der Waals surface area contributed by atoms with E-state index in [0.29, 0.717) is 26.4 Å². The minimum absolute atomic E-state index is 0.445. The Balaban J connectivity index is 0.956. The van der Waals surface area contributed by atoms with Gasteiger partial charge in [0.2, 0.25) is 0 Å². The van der Waals surface area contributed by atoms with Crippen LogP contribution in [0.1, 0.15) is 16.7 Å². The van der Waals surface area contributed by atoms with E-state index in [-0.39, 0.29) is 0 Å². The summed E-state index contributed by atoms with van der Waals surface area (Å²) in [5.74, 6) is 0.778. The lowest BCUT2D eigenvalue weighted by molar-refractivity contribution is 0.0992. The lowest BCUT2D eigenvalue weighted by Crippen LogP contribution is -2.46. The molecule has 5 aromatic carbocycles. The van der Waals surface area contributed by atoms with Gasteiger partial charge in [0.15, 0.2) is 0 Å². The molecular weight excluding hydrogens is 582 g/mol. The van der Waals surface area contributed by atoms with E-state index in [1.807, 2.05) is 66.9 Å². The van der Waals surface area contributed by atoms with E-state index in [9.17, 15) is 0 Å². The molecule has 0 aliphatic carbocycles. The van der Waals surface area contributed by atoms with Gasteiger partial charge in [-0.1, -0.05) is 120 Å². The topological polar surface area (TPSA) is 74.1 Å². The zero-order valence-corrected chi connectivity index (χ0v) is 25.9. The van der Waals surface area contributed by atoms with Gasteiger partial charge >= 0.3 is 0 Å². The highest BCUT2D eigenvalue weighted by molar-refractivity contribution is 5.82. The van der Waals surface area contributed by atoms with Crippen molar-refractivity contribution < 1.29 is 9.47 Å². The highest BCUT2D eigenvalue weighted by Crippen LogP contribution is 2.36. The van der Waals surface area contributed by atoms with Crippen LogP contribution in [0.2, 0.25) is 0 Å². The van der Waals surface area contributed by atoms with Crippen LogP contribution >= 0.6 is 0 Å². The molecule has 0 radical (unpaired) electrons. The van der Waals surface area contributed by atoms with Crippen LogP contribution in [0, 0.1) is 0 Å². The van der Waals surface area contributed by atoms with E-state index in [0.717, 1.165) is 33.7 Å². The van der Waals surface area contributed by atoms with E-state index in [1.54, 1.807) is 4.68 Å². The van der Waals surface area contributed by atoms with Gasteiger partial charge in [0.1, 0.15) is 18.1 Å². The number of nitrogens with zero attached hydrogens (tertiary/aromatic N) is 4. The molecule has 0 amide bonds. The van der Waals surface area contributed by atoms with Crippen LogP contribution in [-0.2, 0) is 10.3 Å². The normalized spacial score (nSPS) is 11.5. The molecule has 0 aliphatic heterocycles. The number of benzene rings is 5. The average Bonchev–Trinajstić information content (AvgIpc) is 3.65. The Morgan fingerprint density at radius 1 is 0.596 bits per heavy atom. The lowest BCUT2D eigenvalue weighted by Gasteiger charge is -2.37. The van der Waals surface area contributed by atoms with Crippen LogP contribution in [-0.4, -0.2) is 46.3 Å². The van der Waals surface area contributed by atoms with Gasteiger partial charge < -0.3 is 9.47 Å². The Hall–Kier alpha value is -5.63. The van der Waals surface area contributed by atoms with Crippen LogP contribution in [0.3, 0.4) is 0 Å². The minimum atomic E-state index is -0.513. The quantitative estimate of drug-likeness (QED) is 0.107. The summed E-state index contributed by atoms with van der Waals surface area (Å²) >= 11 is 0. The molecule has 0 saturated carbocycles. The summed E-state index contributed by atoms with van der Waals surface area (Å²) in [4.78, 5) is 4.81. The van der Waals surface area contributed by atoms with Gasteiger partial charge in [0.05, 0.1) is 41.8 Å². The van der Waals surface area contributed by atoms with Crippen molar-refractivity contribution in [3.8, 4) is 22.8 Å². The first-order valence-corrected chi connectivity index (χ1v) is 15.8. The molecule has 7 aromatic rings. The van der Waals surface area contributed by atoms with E-state index in [2.05, 4.69) is 107 Å². The molecule has 7 heteroatoms. The zero-order valence-electron chi connectivity index (χ0n) is 25.9. The fourth-order valence-corrected chi connectivity index (χ4v) is 5.93. The molecule has 2 aromatic heterocycles. The van der Waals surface area contributed by atoms with E-state index in [1.165, 1.54) is 16.7 Å². The highest BCUT2D eigenvalue weighted by Gasteiger charge is 2.35. The molecule has 47 heavy (non-hydrogen) atoms. The largest absolute Gasteiger partial charge is 0.491 e. The minimum Gasteiger partial charge on any atom is -0.491 e. The van der Waals surface area contributed by atoms with Gasteiger partial charge in [-0.3, -0.25) is 5.32 Å². The molecule has 1 N–H and O–H groups in total. The monoisotopic (exact) mass is 617 g/mol. The smallest absolute Gasteiger partial charge is 0.131 e. The molecule has 0 spiro atoms. The van der Waals surface area contributed by atoms with Crippen molar-refractivity contribution in [3.63, 3.8) is 0 Å². The average molecular weight is 618 g/mol. The SMILES string of the molecule is c1ccc(-n2cc(-c3ccc4cc(OCCOCCNC(c5ccccc5)(c5ccccc5)c5ccccc5)ccc4n3)nn2)cc1. The van der Waals surface area contributed by atoms with E-state index < -0.39 is 5.54 Å². The molecule has 0 saturated heterocycles. The van der Waals surface area contributed by atoms with Crippen LogP contribution in [0.25, 0.3) is 28.0 Å². The predicted octanol–water partition coefficient (Wildman–Crippen LogP) is 7.46. The number of rotatable bonds is 13. The number of aromatic nitrogens is 4. The maximum absolute atomic E-state index is 6.04. The summed E-state index contributed by atoms with van der Waals surface area (Å²) in [6.07, 6.45) is 1.89. The highest BCUT2D eigenvalue weighted by atomic mass is 16.5. The maximum atomic E-state index is 6.04. The van der Waals surface area contributed by atoms with Crippen molar-refractivity contribution in [1.29, 1.82) is 0 Å². The summed E-state index contributed by atoms with van der Waals surface area (Å²) in [7, 11) is 0. The molecule has 0 fully saturated rings. The number of hydrogen-bond acceptors (Lipinski definition) is 6. The Bertz CT molecular complexity index is 1920. The number of para-hydroxylation sites is 1. The van der Waals surface area contributed by atoms with E-state index >= 15 is 0 Å².